The van der Waals surface area contributed by atoms with Crippen molar-refractivity contribution in [2.45, 2.75) is 20.1 Å². The van der Waals surface area contributed by atoms with E-state index in [0.717, 1.165) is 11.3 Å². The van der Waals surface area contributed by atoms with Crippen LogP contribution in [0.3, 0.4) is 0 Å². The summed E-state index contributed by atoms with van der Waals surface area (Å²) in [5, 5.41) is 2.33. The van der Waals surface area contributed by atoms with E-state index in [0.29, 0.717) is 28.0 Å². The molecule has 0 saturated carbocycles. The molecule has 0 N–H and O–H groups in total. The van der Waals surface area contributed by atoms with Crippen molar-refractivity contribution in [3.63, 3.8) is 0 Å². The fourth-order valence-corrected chi connectivity index (χ4v) is 3.12. The number of hydrogen-bond acceptors (Lipinski definition) is 7. The molecule has 3 aromatic rings. The molecule has 130 valence electrons. The van der Waals surface area contributed by atoms with Gasteiger partial charge in [-0.05, 0) is 19.1 Å². The van der Waals surface area contributed by atoms with E-state index in [2.05, 4.69) is 0 Å². The van der Waals surface area contributed by atoms with Crippen molar-refractivity contribution in [2.75, 3.05) is 7.11 Å². The number of esters is 1. The van der Waals surface area contributed by atoms with Crippen molar-refractivity contribution in [1.82, 2.24) is 4.57 Å². The molecule has 3 rings (SSSR count). The van der Waals surface area contributed by atoms with Crippen LogP contribution in [0.5, 0.6) is 5.75 Å². The molecule has 0 aliphatic rings. The second kappa shape index (κ2) is 6.94. The van der Waals surface area contributed by atoms with E-state index in [1.165, 1.54) is 17.7 Å². The lowest BCUT2D eigenvalue weighted by Gasteiger charge is -2.09. The molecule has 0 radical (unpaired) electrons. The van der Waals surface area contributed by atoms with Gasteiger partial charge in [-0.1, -0.05) is 11.3 Å². The van der Waals surface area contributed by atoms with Crippen LogP contribution in [0.4, 0.5) is 0 Å². The van der Waals surface area contributed by atoms with Gasteiger partial charge in [0.2, 0.25) is 0 Å². The van der Waals surface area contributed by atoms with Gasteiger partial charge in [0.15, 0.2) is 0 Å². The normalized spacial score (nSPS) is 10.8. The summed E-state index contributed by atoms with van der Waals surface area (Å²) < 4.78 is 16.8. The summed E-state index contributed by atoms with van der Waals surface area (Å²) in [5.74, 6) is -0.00407. The molecule has 2 heterocycles. The highest BCUT2D eigenvalue weighted by molar-refractivity contribution is 7.07. The van der Waals surface area contributed by atoms with E-state index in [-0.39, 0.29) is 18.0 Å². The Kier molecular flexibility index (Phi) is 4.71. The Morgan fingerprint density at radius 3 is 2.76 bits per heavy atom. The molecular formula is C17H15NO6S. The lowest BCUT2D eigenvalue weighted by atomic mass is 10.1. The van der Waals surface area contributed by atoms with E-state index < -0.39 is 11.6 Å². The Morgan fingerprint density at radius 2 is 2.08 bits per heavy atom. The molecule has 0 unspecified atom stereocenters. The lowest BCUT2D eigenvalue weighted by Crippen LogP contribution is -2.22. The summed E-state index contributed by atoms with van der Waals surface area (Å²) in [6, 6.07) is 6.33. The number of carbonyl (C=O) groups excluding carboxylic acids is 1. The first kappa shape index (κ1) is 17.0. The summed E-state index contributed by atoms with van der Waals surface area (Å²) >= 11 is 1.03. The van der Waals surface area contributed by atoms with Crippen LogP contribution >= 0.6 is 11.3 Å². The summed E-state index contributed by atoms with van der Waals surface area (Å²) in [6.07, 6.45) is 0. The quantitative estimate of drug-likeness (QED) is 0.511. The van der Waals surface area contributed by atoms with Gasteiger partial charge in [-0.2, -0.15) is 0 Å². The molecule has 0 spiro atoms. The van der Waals surface area contributed by atoms with Crippen molar-refractivity contribution in [1.29, 1.82) is 0 Å². The van der Waals surface area contributed by atoms with E-state index in [9.17, 15) is 14.4 Å². The molecule has 0 aliphatic heterocycles. The second-order valence-corrected chi connectivity index (χ2v) is 6.16. The van der Waals surface area contributed by atoms with Crippen molar-refractivity contribution in [3.8, 4) is 5.75 Å². The molecule has 0 saturated heterocycles. The first-order chi connectivity index (χ1) is 12.0. The number of benzene rings is 1. The third-order valence-electron chi connectivity index (χ3n) is 3.69. The number of fused-ring (bicyclic) bond motifs is 1. The summed E-state index contributed by atoms with van der Waals surface area (Å²) in [4.78, 5) is 35.1. The monoisotopic (exact) mass is 361 g/mol. The number of rotatable bonds is 5. The lowest BCUT2D eigenvalue weighted by molar-refractivity contribution is -0.145. The molecule has 25 heavy (non-hydrogen) atoms. The highest BCUT2D eigenvalue weighted by Crippen LogP contribution is 2.23. The van der Waals surface area contributed by atoms with Crippen LogP contribution in [-0.2, 0) is 22.7 Å². The van der Waals surface area contributed by atoms with Crippen molar-refractivity contribution >= 4 is 28.3 Å². The number of carbonyl (C=O) groups is 1. The fourth-order valence-electron chi connectivity index (χ4n) is 2.39. The molecule has 8 heteroatoms. The van der Waals surface area contributed by atoms with Gasteiger partial charge in [0.05, 0.1) is 7.11 Å². The zero-order chi connectivity index (χ0) is 18.0. The zero-order valence-electron chi connectivity index (χ0n) is 13.6. The van der Waals surface area contributed by atoms with E-state index in [1.54, 1.807) is 30.5 Å². The smallest absolute Gasteiger partial charge is 0.336 e. The maximum atomic E-state index is 12.0. The van der Waals surface area contributed by atoms with Gasteiger partial charge in [-0.15, -0.1) is 0 Å². The van der Waals surface area contributed by atoms with Crippen LogP contribution in [0.15, 0.2) is 43.7 Å². The maximum Gasteiger partial charge on any atom is 0.336 e. The average molecular weight is 361 g/mol. The van der Waals surface area contributed by atoms with Crippen LogP contribution in [0.1, 0.15) is 11.3 Å². The number of aryl methyl sites for hydroxylation is 1. The largest absolute Gasteiger partial charge is 0.497 e. The van der Waals surface area contributed by atoms with Gasteiger partial charge in [-0.25, -0.2) is 4.79 Å². The third-order valence-corrected chi connectivity index (χ3v) is 4.57. The third kappa shape index (κ3) is 3.63. The first-order valence-electron chi connectivity index (χ1n) is 7.39. The van der Waals surface area contributed by atoms with Gasteiger partial charge < -0.3 is 13.9 Å². The number of ether oxygens (including phenoxy) is 2. The van der Waals surface area contributed by atoms with E-state index in [1.807, 2.05) is 0 Å². The highest BCUT2D eigenvalue weighted by atomic mass is 32.1. The van der Waals surface area contributed by atoms with Gasteiger partial charge in [0, 0.05) is 34.2 Å². The summed E-state index contributed by atoms with van der Waals surface area (Å²) in [5.41, 5.74) is 1.03. The van der Waals surface area contributed by atoms with Crippen LogP contribution < -0.4 is 15.2 Å². The number of methoxy groups -OCH3 is 1. The average Bonchev–Trinajstić information content (AvgIpc) is 2.90. The van der Waals surface area contributed by atoms with Crippen LogP contribution in [-0.4, -0.2) is 17.6 Å². The van der Waals surface area contributed by atoms with E-state index >= 15 is 0 Å². The molecule has 0 bridgehead atoms. The molecule has 0 fully saturated rings. The zero-order valence-corrected chi connectivity index (χ0v) is 14.4. The molecule has 2 aromatic heterocycles. The van der Waals surface area contributed by atoms with Crippen molar-refractivity contribution in [2.24, 2.45) is 0 Å². The fraction of sp³-hybridized carbons (Fsp3) is 0.235. The predicted octanol–water partition coefficient (Wildman–Crippen LogP) is 2.08. The number of nitrogens with zero attached hydrogens (tertiary/aromatic N) is 1. The Morgan fingerprint density at radius 1 is 1.28 bits per heavy atom. The molecular weight excluding hydrogens is 346 g/mol. The minimum atomic E-state index is -0.557. The minimum absolute atomic E-state index is 0.0921. The molecule has 7 nitrogen and oxygen atoms in total. The number of hydrogen-bond donors (Lipinski definition) is 0. The predicted molar refractivity (Wildman–Crippen MR) is 92.1 cm³/mol. The second-order valence-electron chi connectivity index (χ2n) is 5.34. The summed E-state index contributed by atoms with van der Waals surface area (Å²) in [6.45, 7) is 1.49. The molecule has 0 amide bonds. The minimum Gasteiger partial charge on any atom is -0.497 e. The SMILES string of the molecule is COc1ccc2c(COC(=O)Cn3c(C)csc3=O)cc(=O)oc2c1. The van der Waals surface area contributed by atoms with Gasteiger partial charge in [0.1, 0.15) is 24.5 Å². The first-order valence-corrected chi connectivity index (χ1v) is 8.27. The summed E-state index contributed by atoms with van der Waals surface area (Å²) in [7, 11) is 1.51. The van der Waals surface area contributed by atoms with Gasteiger partial charge >= 0.3 is 16.5 Å². The van der Waals surface area contributed by atoms with Gasteiger partial charge in [0.25, 0.3) is 0 Å². The number of thiazole rings is 1. The standard InChI is InChI=1S/C17H15NO6S/c1-10-9-25-17(21)18(10)7-16(20)23-8-11-5-15(19)24-14-6-12(22-2)3-4-13(11)14/h3-6,9H,7-8H2,1-2H3. The van der Waals surface area contributed by atoms with Crippen LogP contribution in [0.2, 0.25) is 0 Å². The molecule has 0 aliphatic carbocycles. The van der Waals surface area contributed by atoms with Crippen molar-refractivity contribution in [3.05, 3.63) is 61.0 Å². The van der Waals surface area contributed by atoms with E-state index in [4.69, 9.17) is 13.9 Å². The van der Waals surface area contributed by atoms with Crippen LogP contribution in [0, 0.1) is 6.92 Å². The Balaban J connectivity index is 1.80. The van der Waals surface area contributed by atoms with Crippen LogP contribution in [0.25, 0.3) is 11.0 Å². The Hall–Kier alpha value is -2.87. The van der Waals surface area contributed by atoms with Crippen molar-refractivity contribution < 1.29 is 18.7 Å². The highest BCUT2D eigenvalue weighted by Gasteiger charge is 2.12. The number of aromatic nitrogens is 1. The molecule has 0 atom stereocenters. The Bertz CT molecular complexity index is 1050. The molecule has 1 aromatic carbocycles. The topological polar surface area (TPSA) is 87.7 Å². The Labute approximate surface area is 146 Å². The maximum absolute atomic E-state index is 12.0. The van der Waals surface area contributed by atoms with Gasteiger partial charge in [-0.3, -0.25) is 14.2 Å².